The van der Waals surface area contributed by atoms with E-state index in [1.165, 1.54) is 38.5 Å². The predicted molar refractivity (Wildman–Crippen MR) is 81.8 cm³/mol. The third-order valence-electron chi connectivity index (χ3n) is 4.06. The van der Waals surface area contributed by atoms with Crippen LogP contribution in [0.1, 0.15) is 26.3 Å². The summed E-state index contributed by atoms with van der Waals surface area (Å²) in [7, 11) is 3.01. The van der Waals surface area contributed by atoms with Crippen molar-refractivity contribution in [1.82, 2.24) is 0 Å². The van der Waals surface area contributed by atoms with E-state index in [-0.39, 0.29) is 11.6 Å². The first-order chi connectivity index (χ1) is 11.0. The van der Waals surface area contributed by atoms with E-state index in [0.29, 0.717) is 29.0 Å². The molecule has 5 heteroatoms. The quantitative estimate of drug-likeness (QED) is 0.643. The molecule has 23 heavy (non-hydrogen) atoms. The molecule has 118 valence electrons. The molecule has 0 bridgehead atoms. The SMILES string of the molecule is COc1cc2c(cc1OC)C(=O)C(C(=O)c1ccc(F)cc1)C2. The largest absolute Gasteiger partial charge is 0.493 e. The fourth-order valence-corrected chi connectivity index (χ4v) is 2.85. The Balaban J connectivity index is 1.94. The fraction of sp³-hybridized carbons (Fsp3) is 0.222. The second-order valence-corrected chi connectivity index (χ2v) is 5.36. The van der Waals surface area contributed by atoms with Crippen LogP contribution in [-0.2, 0) is 6.42 Å². The molecule has 1 aliphatic rings. The number of hydrogen-bond donors (Lipinski definition) is 0. The van der Waals surface area contributed by atoms with Crippen LogP contribution < -0.4 is 9.47 Å². The van der Waals surface area contributed by atoms with Gasteiger partial charge in [0.1, 0.15) is 5.82 Å². The lowest BCUT2D eigenvalue weighted by molar-refractivity contribution is 0.0822. The van der Waals surface area contributed by atoms with Crippen molar-refractivity contribution in [2.75, 3.05) is 14.2 Å². The predicted octanol–water partition coefficient (Wildman–Crippen LogP) is 3.08. The maximum atomic E-state index is 13.0. The Hall–Kier alpha value is -2.69. The van der Waals surface area contributed by atoms with Gasteiger partial charge in [0.05, 0.1) is 20.1 Å². The summed E-state index contributed by atoms with van der Waals surface area (Å²) in [6, 6.07) is 8.56. The molecule has 0 aromatic heterocycles. The first-order valence-corrected chi connectivity index (χ1v) is 7.14. The third kappa shape index (κ3) is 2.59. The van der Waals surface area contributed by atoms with Crippen molar-refractivity contribution < 1.29 is 23.5 Å². The molecule has 0 N–H and O–H groups in total. The van der Waals surface area contributed by atoms with Crippen LogP contribution >= 0.6 is 0 Å². The summed E-state index contributed by atoms with van der Waals surface area (Å²) in [5, 5.41) is 0. The molecular formula is C18H15FO4. The molecule has 0 saturated carbocycles. The summed E-state index contributed by atoms with van der Waals surface area (Å²) < 4.78 is 23.4. The number of carbonyl (C=O) groups is 2. The first kappa shape index (κ1) is 15.2. The van der Waals surface area contributed by atoms with Gasteiger partial charge in [0.15, 0.2) is 23.1 Å². The van der Waals surface area contributed by atoms with Gasteiger partial charge < -0.3 is 9.47 Å². The topological polar surface area (TPSA) is 52.6 Å². The molecule has 2 aromatic rings. The molecule has 1 atom stereocenters. The Morgan fingerprint density at radius 3 is 2.30 bits per heavy atom. The van der Waals surface area contributed by atoms with E-state index in [1.807, 2.05) is 0 Å². The van der Waals surface area contributed by atoms with Crippen LogP contribution in [-0.4, -0.2) is 25.8 Å². The van der Waals surface area contributed by atoms with Crippen LogP contribution in [0.4, 0.5) is 4.39 Å². The smallest absolute Gasteiger partial charge is 0.174 e. The van der Waals surface area contributed by atoms with Crippen LogP contribution in [0.25, 0.3) is 0 Å². The molecule has 1 aliphatic carbocycles. The monoisotopic (exact) mass is 314 g/mol. The molecule has 1 unspecified atom stereocenters. The molecule has 0 spiro atoms. The second kappa shape index (κ2) is 5.83. The minimum absolute atomic E-state index is 0.240. The highest BCUT2D eigenvalue weighted by Crippen LogP contribution is 2.37. The Bertz CT molecular complexity index is 780. The van der Waals surface area contributed by atoms with Crippen LogP contribution in [0.3, 0.4) is 0 Å². The Morgan fingerprint density at radius 2 is 1.70 bits per heavy atom. The maximum absolute atomic E-state index is 13.0. The molecule has 0 aliphatic heterocycles. The van der Waals surface area contributed by atoms with Crippen LogP contribution in [0.2, 0.25) is 0 Å². The van der Waals surface area contributed by atoms with E-state index in [9.17, 15) is 14.0 Å². The zero-order chi connectivity index (χ0) is 16.6. The van der Waals surface area contributed by atoms with Gasteiger partial charge >= 0.3 is 0 Å². The first-order valence-electron chi connectivity index (χ1n) is 7.14. The van der Waals surface area contributed by atoms with Crippen molar-refractivity contribution >= 4 is 11.6 Å². The lowest BCUT2D eigenvalue weighted by atomic mass is 9.94. The van der Waals surface area contributed by atoms with E-state index >= 15 is 0 Å². The minimum Gasteiger partial charge on any atom is -0.493 e. The summed E-state index contributed by atoms with van der Waals surface area (Å²) >= 11 is 0. The molecule has 0 amide bonds. The number of fused-ring (bicyclic) bond motifs is 1. The van der Waals surface area contributed by atoms with E-state index < -0.39 is 11.7 Å². The lowest BCUT2D eigenvalue weighted by Crippen LogP contribution is -2.20. The van der Waals surface area contributed by atoms with Crippen LogP contribution in [0, 0.1) is 11.7 Å². The summed E-state index contributed by atoms with van der Waals surface area (Å²) in [6.07, 6.45) is 0.310. The number of ketones is 2. The van der Waals surface area contributed by atoms with Gasteiger partial charge in [0.2, 0.25) is 0 Å². The van der Waals surface area contributed by atoms with E-state index in [0.717, 1.165) is 5.56 Å². The normalized spacial score (nSPS) is 16.1. The van der Waals surface area contributed by atoms with E-state index in [4.69, 9.17) is 9.47 Å². The van der Waals surface area contributed by atoms with Gasteiger partial charge in [0, 0.05) is 11.1 Å². The molecular weight excluding hydrogens is 299 g/mol. The Labute approximate surface area is 132 Å². The number of carbonyl (C=O) groups excluding carboxylic acids is 2. The van der Waals surface area contributed by atoms with Crippen molar-refractivity contribution in [1.29, 1.82) is 0 Å². The lowest BCUT2D eigenvalue weighted by Gasteiger charge is -2.09. The molecule has 0 fully saturated rings. The highest BCUT2D eigenvalue weighted by molar-refractivity contribution is 6.18. The van der Waals surface area contributed by atoms with Crippen molar-refractivity contribution in [3.63, 3.8) is 0 Å². The van der Waals surface area contributed by atoms with Crippen LogP contribution in [0.5, 0.6) is 11.5 Å². The van der Waals surface area contributed by atoms with Gasteiger partial charge in [-0.15, -0.1) is 0 Å². The maximum Gasteiger partial charge on any atom is 0.174 e. The number of methoxy groups -OCH3 is 2. The zero-order valence-electron chi connectivity index (χ0n) is 12.8. The highest BCUT2D eigenvalue weighted by Gasteiger charge is 2.37. The summed E-state index contributed by atoms with van der Waals surface area (Å²) in [5.74, 6) is -0.771. The summed E-state index contributed by atoms with van der Waals surface area (Å²) in [4.78, 5) is 25.1. The molecule has 0 saturated heterocycles. The average molecular weight is 314 g/mol. The van der Waals surface area contributed by atoms with Gasteiger partial charge in [0.25, 0.3) is 0 Å². The number of Topliss-reactive ketones (excluding diaryl/α,β-unsaturated/α-hetero) is 2. The van der Waals surface area contributed by atoms with Crippen molar-refractivity contribution in [2.24, 2.45) is 5.92 Å². The van der Waals surface area contributed by atoms with Crippen molar-refractivity contribution in [3.05, 3.63) is 58.9 Å². The number of benzene rings is 2. The Morgan fingerprint density at radius 1 is 1.09 bits per heavy atom. The van der Waals surface area contributed by atoms with Gasteiger partial charge in [-0.2, -0.15) is 0 Å². The molecule has 2 aromatic carbocycles. The summed E-state index contributed by atoms with van der Waals surface area (Å²) in [5.41, 5.74) is 1.56. The van der Waals surface area contributed by atoms with Gasteiger partial charge in [-0.1, -0.05) is 0 Å². The van der Waals surface area contributed by atoms with E-state index in [2.05, 4.69) is 0 Å². The number of halogens is 1. The van der Waals surface area contributed by atoms with Crippen LogP contribution in [0.15, 0.2) is 36.4 Å². The van der Waals surface area contributed by atoms with Gasteiger partial charge in [-0.25, -0.2) is 4.39 Å². The highest BCUT2D eigenvalue weighted by atomic mass is 19.1. The third-order valence-corrected chi connectivity index (χ3v) is 4.06. The van der Waals surface area contributed by atoms with Crippen molar-refractivity contribution in [3.8, 4) is 11.5 Å². The van der Waals surface area contributed by atoms with Gasteiger partial charge in [-0.3, -0.25) is 9.59 Å². The zero-order valence-corrected chi connectivity index (χ0v) is 12.8. The minimum atomic E-state index is -0.785. The number of ether oxygens (including phenoxy) is 2. The molecule has 3 rings (SSSR count). The molecule has 4 nitrogen and oxygen atoms in total. The standard InChI is InChI=1S/C18H15FO4/c1-22-15-8-11-7-14(18(21)13(11)9-16(15)23-2)17(20)10-3-5-12(19)6-4-10/h3-6,8-9,14H,7H2,1-2H3. The second-order valence-electron chi connectivity index (χ2n) is 5.36. The number of hydrogen-bond acceptors (Lipinski definition) is 4. The van der Waals surface area contributed by atoms with Gasteiger partial charge in [-0.05, 0) is 48.4 Å². The average Bonchev–Trinajstić information content (AvgIpc) is 2.89. The summed E-state index contributed by atoms with van der Waals surface area (Å²) in [6.45, 7) is 0. The molecule has 0 radical (unpaired) electrons. The van der Waals surface area contributed by atoms with E-state index in [1.54, 1.807) is 12.1 Å². The Kier molecular flexibility index (Phi) is 3.86. The fourth-order valence-electron chi connectivity index (χ4n) is 2.85. The molecule has 0 heterocycles. The number of rotatable bonds is 4. The van der Waals surface area contributed by atoms with Crippen molar-refractivity contribution in [2.45, 2.75) is 6.42 Å².